The van der Waals surface area contributed by atoms with Crippen LogP contribution in [-0.2, 0) is 6.42 Å². The topological polar surface area (TPSA) is 56.5 Å². The third-order valence-electron chi connectivity index (χ3n) is 4.53. The van der Waals surface area contributed by atoms with Gasteiger partial charge < -0.3 is 9.15 Å². The lowest BCUT2D eigenvalue weighted by atomic mass is 10.0. The largest absolute Gasteiger partial charge is 0.485 e. The molecule has 134 valence electrons. The first-order chi connectivity index (χ1) is 12.4. The standard InChI is InChI=1S/C21H19FO4/c1-4-16-12(2)17-9-10-19(13(3)20(17)26-21(16)24)25-11-18(23)14-5-7-15(22)8-6-14/h5-10H,4,11H2,1-3H3. The summed E-state index contributed by atoms with van der Waals surface area (Å²) in [7, 11) is 0. The summed E-state index contributed by atoms with van der Waals surface area (Å²) in [6.45, 7) is 5.41. The molecule has 1 aromatic heterocycles. The highest BCUT2D eigenvalue weighted by atomic mass is 19.1. The van der Waals surface area contributed by atoms with Gasteiger partial charge in [-0.05, 0) is 62.2 Å². The zero-order chi connectivity index (χ0) is 18.8. The molecule has 0 spiro atoms. The van der Waals surface area contributed by atoms with Crippen LogP contribution in [0.4, 0.5) is 4.39 Å². The molecule has 0 unspecified atom stereocenters. The number of hydrogen-bond donors (Lipinski definition) is 0. The summed E-state index contributed by atoms with van der Waals surface area (Å²) in [5, 5.41) is 0.858. The first-order valence-corrected chi connectivity index (χ1v) is 8.39. The summed E-state index contributed by atoms with van der Waals surface area (Å²) in [4.78, 5) is 24.3. The van der Waals surface area contributed by atoms with Crippen molar-refractivity contribution < 1.29 is 18.3 Å². The van der Waals surface area contributed by atoms with E-state index in [4.69, 9.17) is 9.15 Å². The smallest absolute Gasteiger partial charge is 0.339 e. The Hall–Kier alpha value is -2.95. The first-order valence-electron chi connectivity index (χ1n) is 8.39. The van der Waals surface area contributed by atoms with E-state index in [-0.39, 0.29) is 18.0 Å². The van der Waals surface area contributed by atoms with Gasteiger partial charge in [0, 0.05) is 22.1 Å². The van der Waals surface area contributed by atoms with Crippen LogP contribution in [0.5, 0.6) is 5.75 Å². The Morgan fingerprint density at radius 1 is 1.08 bits per heavy atom. The maximum absolute atomic E-state index is 12.9. The van der Waals surface area contributed by atoms with Crippen LogP contribution >= 0.6 is 0 Å². The Balaban J connectivity index is 1.89. The molecular weight excluding hydrogens is 335 g/mol. The number of benzene rings is 2. The van der Waals surface area contributed by atoms with Gasteiger partial charge in [0.05, 0.1) is 0 Å². The average molecular weight is 354 g/mol. The van der Waals surface area contributed by atoms with Crippen LogP contribution in [0.15, 0.2) is 45.6 Å². The number of carbonyl (C=O) groups excluding carboxylic acids is 1. The molecule has 2 aromatic carbocycles. The van der Waals surface area contributed by atoms with Gasteiger partial charge in [-0.25, -0.2) is 9.18 Å². The van der Waals surface area contributed by atoms with Gasteiger partial charge >= 0.3 is 5.63 Å². The zero-order valence-electron chi connectivity index (χ0n) is 14.9. The molecule has 0 fully saturated rings. The third-order valence-corrected chi connectivity index (χ3v) is 4.53. The lowest BCUT2D eigenvalue weighted by Gasteiger charge is -2.12. The van der Waals surface area contributed by atoms with E-state index in [9.17, 15) is 14.0 Å². The van der Waals surface area contributed by atoms with Crippen molar-refractivity contribution in [3.8, 4) is 5.75 Å². The lowest BCUT2D eigenvalue weighted by Crippen LogP contribution is -2.13. The molecule has 1 heterocycles. The molecule has 0 aliphatic rings. The van der Waals surface area contributed by atoms with Gasteiger partial charge in [-0.3, -0.25) is 4.79 Å². The molecule has 4 nitrogen and oxygen atoms in total. The Labute approximate surface area is 150 Å². The molecule has 0 radical (unpaired) electrons. The maximum atomic E-state index is 12.9. The van der Waals surface area contributed by atoms with Crippen LogP contribution < -0.4 is 10.4 Å². The summed E-state index contributed by atoms with van der Waals surface area (Å²) in [6, 6.07) is 8.90. The Bertz CT molecular complexity index is 1030. The SMILES string of the molecule is CCc1c(C)c2ccc(OCC(=O)c3ccc(F)cc3)c(C)c2oc1=O. The number of Topliss-reactive ketones (excluding diaryl/α,β-unsaturated/α-hetero) is 1. The van der Waals surface area contributed by atoms with E-state index >= 15 is 0 Å². The second-order valence-corrected chi connectivity index (χ2v) is 6.13. The van der Waals surface area contributed by atoms with Crippen molar-refractivity contribution in [1.82, 2.24) is 0 Å². The highest BCUT2D eigenvalue weighted by Crippen LogP contribution is 2.29. The minimum Gasteiger partial charge on any atom is -0.485 e. The minimum atomic E-state index is -0.398. The van der Waals surface area contributed by atoms with E-state index in [0.29, 0.717) is 34.4 Å². The van der Waals surface area contributed by atoms with Crippen molar-refractivity contribution in [1.29, 1.82) is 0 Å². The summed E-state index contributed by atoms with van der Waals surface area (Å²) in [6.07, 6.45) is 0.605. The molecule has 0 aliphatic carbocycles. The number of ketones is 1. The van der Waals surface area contributed by atoms with Gasteiger partial charge in [0.15, 0.2) is 12.4 Å². The van der Waals surface area contributed by atoms with Gasteiger partial charge in [-0.15, -0.1) is 0 Å². The minimum absolute atomic E-state index is 0.186. The second-order valence-electron chi connectivity index (χ2n) is 6.13. The van der Waals surface area contributed by atoms with Crippen molar-refractivity contribution in [2.45, 2.75) is 27.2 Å². The normalized spacial score (nSPS) is 10.9. The van der Waals surface area contributed by atoms with E-state index in [1.807, 2.05) is 19.9 Å². The monoisotopic (exact) mass is 354 g/mol. The fourth-order valence-corrected chi connectivity index (χ4v) is 3.00. The molecular formula is C21H19FO4. The number of halogens is 1. The van der Waals surface area contributed by atoms with Crippen LogP contribution in [0.2, 0.25) is 0 Å². The van der Waals surface area contributed by atoms with E-state index in [1.165, 1.54) is 24.3 Å². The predicted octanol–water partition coefficient (Wildman–Crippen LogP) is 4.37. The Morgan fingerprint density at radius 2 is 1.77 bits per heavy atom. The van der Waals surface area contributed by atoms with Gasteiger partial charge in [0.1, 0.15) is 17.1 Å². The van der Waals surface area contributed by atoms with Gasteiger partial charge in [-0.1, -0.05) is 6.92 Å². The molecule has 0 atom stereocenters. The van der Waals surface area contributed by atoms with Crippen LogP contribution in [0.3, 0.4) is 0 Å². The van der Waals surface area contributed by atoms with E-state index in [2.05, 4.69) is 0 Å². The predicted molar refractivity (Wildman–Crippen MR) is 97.6 cm³/mol. The molecule has 0 aliphatic heterocycles. The highest BCUT2D eigenvalue weighted by Gasteiger charge is 2.15. The number of aryl methyl sites for hydroxylation is 2. The molecule has 0 amide bonds. The molecule has 3 aromatic rings. The van der Waals surface area contributed by atoms with Crippen molar-refractivity contribution in [2.24, 2.45) is 0 Å². The van der Waals surface area contributed by atoms with E-state index in [1.54, 1.807) is 13.0 Å². The molecule has 0 saturated carbocycles. The molecule has 5 heteroatoms. The number of hydrogen-bond acceptors (Lipinski definition) is 4. The number of carbonyl (C=O) groups is 1. The molecule has 26 heavy (non-hydrogen) atoms. The summed E-state index contributed by atoms with van der Waals surface area (Å²) >= 11 is 0. The summed E-state index contributed by atoms with van der Waals surface area (Å²) < 4.78 is 24.0. The van der Waals surface area contributed by atoms with Crippen LogP contribution in [0.1, 0.15) is 34.0 Å². The molecule has 0 bridgehead atoms. The Morgan fingerprint density at radius 3 is 2.42 bits per heavy atom. The number of fused-ring (bicyclic) bond motifs is 1. The van der Waals surface area contributed by atoms with Gasteiger partial charge in [0.2, 0.25) is 0 Å². The van der Waals surface area contributed by atoms with Crippen molar-refractivity contribution in [2.75, 3.05) is 6.61 Å². The molecule has 3 rings (SSSR count). The van der Waals surface area contributed by atoms with Crippen LogP contribution in [-0.4, -0.2) is 12.4 Å². The number of ether oxygens (including phenoxy) is 1. The first kappa shape index (κ1) is 17.9. The fraction of sp³-hybridized carbons (Fsp3) is 0.238. The quantitative estimate of drug-likeness (QED) is 0.504. The van der Waals surface area contributed by atoms with Crippen molar-refractivity contribution in [3.63, 3.8) is 0 Å². The lowest BCUT2D eigenvalue weighted by molar-refractivity contribution is 0.0921. The number of rotatable bonds is 5. The van der Waals surface area contributed by atoms with Gasteiger partial charge in [-0.2, -0.15) is 0 Å². The van der Waals surface area contributed by atoms with Crippen molar-refractivity contribution in [3.05, 3.63) is 74.9 Å². The molecule has 0 N–H and O–H groups in total. The average Bonchev–Trinajstić information content (AvgIpc) is 2.62. The summed E-state index contributed by atoms with van der Waals surface area (Å²) in [5.41, 5.74) is 2.72. The maximum Gasteiger partial charge on any atom is 0.339 e. The fourth-order valence-electron chi connectivity index (χ4n) is 3.00. The van der Waals surface area contributed by atoms with Crippen LogP contribution in [0.25, 0.3) is 11.0 Å². The summed E-state index contributed by atoms with van der Waals surface area (Å²) in [5.74, 6) is -0.187. The van der Waals surface area contributed by atoms with Crippen LogP contribution in [0, 0.1) is 19.7 Å². The van der Waals surface area contributed by atoms with E-state index < -0.39 is 5.82 Å². The van der Waals surface area contributed by atoms with Gasteiger partial charge in [0.25, 0.3) is 0 Å². The highest BCUT2D eigenvalue weighted by molar-refractivity contribution is 5.97. The second kappa shape index (κ2) is 7.12. The van der Waals surface area contributed by atoms with E-state index in [0.717, 1.165) is 10.9 Å². The molecule has 0 saturated heterocycles. The zero-order valence-corrected chi connectivity index (χ0v) is 14.9. The van der Waals surface area contributed by atoms with Crippen molar-refractivity contribution >= 4 is 16.8 Å². The Kier molecular flexibility index (Phi) is 4.89. The third kappa shape index (κ3) is 3.25.